The maximum Gasteiger partial charge on any atom is 0.319 e. The third-order valence-electron chi connectivity index (χ3n) is 4.55. The van der Waals surface area contributed by atoms with Crippen LogP contribution < -0.4 is 0 Å². The highest BCUT2D eigenvalue weighted by Crippen LogP contribution is 2.25. The Morgan fingerprint density at radius 2 is 1.88 bits per heavy atom. The Morgan fingerprint density at radius 1 is 1.25 bits per heavy atom. The van der Waals surface area contributed by atoms with Crippen LogP contribution in [0, 0.1) is 5.92 Å². The number of halogens is 1. The normalized spacial score (nSPS) is 15.4. The van der Waals surface area contributed by atoms with Crippen LogP contribution in [0.4, 0.5) is 4.79 Å². The first-order valence-electron chi connectivity index (χ1n) is 8.49. The number of carbonyl (C=O) groups is 2. The fraction of sp³-hybridized carbons (Fsp3) is 0.647. The molecule has 0 spiro atoms. The molecule has 2 rings (SSSR count). The average Bonchev–Trinajstić information content (AvgIpc) is 3.00. The van der Waals surface area contributed by atoms with E-state index in [1.54, 1.807) is 11.3 Å². The van der Waals surface area contributed by atoms with Crippen molar-refractivity contribution in [2.75, 3.05) is 33.2 Å². The van der Waals surface area contributed by atoms with Gasteiger partial charge in [0, 0.05) is 44.0 Å². The first-order chi connectivity index (χ1) is 11.5. The first-order valence-corrected chi connectivity index (χ1v) is 10.1. The van der Waals surface area contributed by atoms with Gasteiger partial charge in [-0.15, -0.1) is 11.3 Å². The zero-order valence-electron chi connectivity index (χ0n) is 14.6. The van der Waals surface area contributed by atoms with Gasteiger partial charge in [0.05, 0.1) is 10.3 Å². The van der Waals surface area contributed by atoms with Gasteiger partial charge in [0.25, 0.3) is 0 Å². The number of piperidine rings is 1. The Kier molecular flexibility index (Phi) is 7.10. The van der Waals surface area contributed by atoms with Crippen molar-refractivity contribution in [1.29, 1.82) is 0 Å². The van der Waals surface area contributed by atoms with Crippen LogP contribution in [0.5, 0.6) is 0 Å². The molecule has 134 valence electrons. The predicted octanol–water partition coefficient (Wildman–Crippen LogP) is 3.64. The number of thiophene rings is 1. The molecule has 3 amide bonds. The van der Waals surface area contributed by atoms with E-state index in [4.69, 9.17) is 0 Å². The van der Waals surface area contributed by atoms with Crippen LogP contribution in [-0.2, 0) is 11.3 Å². The predicted molar refractivity (Wildman–Crippen MR) is 101 cm³/mol. The SMILES string of the molecule is CCN(CC)C(=O)N1CCC(C(=O)N(C)Cc2ccc(Br)s2)CC1. The Bertz CT molecular complexity index is 566. The van der Waals surface area contributed by atoms with Crippen LogP contribution in [-0.4, -0.2) is 59.9 Å². The molecular formula is C17H26BrN3O2S. The number of amides is 3. The van der Waals surface area contributed by atoms with E-state index in [0.29, 0.717) is 19.6 Å². The van der Waals surface area contributed by atoms with Crippen molar-refractivity contribution in [3.63, 3.8) is 0 Å². The quantitative estimate of drug-likeness (QED) is 0.736. The van der Waals surface area contributed by atoms with Crippen LogP contribution in [0.15, 0.2) is 15.9 Å². The first kappa shape index (κ1) is 19.2. The van der Waals surface area contributed by atoms with Crippen molar-refractivity contribution in [1.82, 2.24) is 14.7 Å². The van der Waals surface area contributed by atoms with Crippen molar-refractivity contribution in [2.45, 2.75) is 33.2 Å². The minimum absolute atomic E-state index is 0.0270. The molecule has 0 unspecified atom stereocenters. The number of carbonyl (C=O) groups excluding carboxylic acids is 2. The van der Waals surface area contributed by atoms with Crippen LogP contribution in [0.2, 0.25) is 0 Å². The van der Waals surface area contributed by atoms with Gasteiger partial charge in [-0.25, -0.2) is 4.79 Å². The Balaban J connectivity index is 1.84. The maximum atomic E-state index is 12.6. The summed E-state index contributed by atoms with van der Waals surface area (Å²) < 4.78 is 1.08. The zero-order valence-corrected chi connectivity index (χ0v) is 17.0. The third kappa shape index (κ3) is 4.72. The van der Waals surface area contributed by atoms with E-state index in [9.17, 15) is 9.59 Å². The molecule has 0 N–H and O–H groups in total. The number of likely N-dealkylation sites (tertiary alicyclic amines) is 1. The monoisotopic (exact) mass is 415 g/mol. The summed E-state index contributed by atoms with van der Waals surface area (Å²) in [5.41, 5.74) is 0. The zero-order chi connectivity index (χ0) is 17.7. The fourth-order valence-electron chi connectivity index (χ4n) is 3.07. The van der Waals surface area contributed by atoms with Crippen LogP contribution in [0.3, 0.4) is 0 Å². The summed E-state index contributed by atoms with van der Waals surface area (Å²) in [4.78, 5) is 31.7. The van der Waals surface area contributed by atoms with Crippen LogP contribution >= 0.6 is 27.3 Å². The third-order valence-corrected chi connectivity index (χ3v) is 6.16. The minimum atomic E-state index is 0.0270. The molecule has 0 aromatic carbocycles. The van der Waals surface area contributed by atoms with Gasteiger partial charge in [-0.1, -0.05) is 0 Å². The lowest BCUT2D eigenvalue weighted by Crippen LogP contribution is -2.48. The summed E-state index contributed by atoms with van der Waals surface area (Å²) >= 11 is 5.11. The van der Waals surface area contributed by atoms with Gasteiger partial charge in [-0.05, 0) is 54.8 Å². The highest BCUT2D eigenvalue weighted by Gasteiger charge is 2.30. The smallest absolute Gasteiger partial charge is 0.319 e. The molecule has 2 heterocycles. The molecular weight excluding hydrogens is 390 g/mol. The van der Waals surface area contributed by atoms with Gasteiger partial charge in [-0.2, -0.15) is 0 Å². The lowest BCUT2D eigenvalue weighted by molar-refractivity contribution is -0.136. The summed E-state index contributed by atoms with van der Waals surface area (Å²) in [6, 6.07) is 4.15. The van der Waals surface area contributed by atoms with E-state index in [0.717, 1.165) is 29.7 Å². The molecule has 1 aromatic rings. The standard InChI is InChI=1S/C17H26BrN3O2S/c1-4-20(5-2)17(23)21-10-8-13(9-11-21)16(22)19(3)12-14-6-7-15(18)24-14/h6-7,13H,4-5,8-12H2,1-3H3. The largest absolute Gasteiger partial charge is 0.340 e. The second-order valence-electron chi connectivity index (χ2n) is 6.12. The summed E-state index contributed by atoms with van der Waals surface area (Å²) in [6.45, 7) is 7.44. The van der Waals surface area contributed by atoms with E-state index in [1.165, 1.54) is 4.88 Å². The fourth-order valence-corrected chi connectivity index (χ4v) is 4.61. The molecule has 5 nitrogen and oxygen atoms in total. The van der Waals surface area contributed by atoms with Gasteiger partial charge in [0.15, 0.2) is 0 Å². The average molecular weight is 416 g/mol. The number of urea groups is 1. The second-order valence-corrected chi connectivity index (χ2v) is 8.66. The molecule has 0 atom stereocenters. The van der Waals surface area contributed by atoms with Gasteiger partial charge < -0.3 is 14.7 Å². The van der Waals surface area contributed by atoms with E-state index in [1.807, 2.05) is 47.7 Å². The van der Waals surface area contributed by atoms with Crippen molar-refractivity contribution >= 4 is 39.2 Å². The maximum absolute atomic E-state index is 12.6. The molecule has 24 heavy (non-hydrogen) atoms. The van der Waals surface area contributed by atoms with Gasteiger partial charge in [0.2, 0.25) is 5.91 Å². The number of nitrogens with zero attached hydrogens (tertiary/aromatic N) is 3. The van der Waals surface area contributed by atoms with Crippen LogP contribution in [0.25, 0.3) is 0 Å². The van der Waals surface area contributed by atoms with Gasteiger partial charge in [0.1, 0.15) is 0 Å². The lowest BCUT2D eigenvalue weighted by atomic mass is 9.95. The minimum Gasteiger partial charge on any atom is -0.340 e. The Hall–Kier alpha value is -1.08. The van der Waals surface area contributed by atoms with E-state index < -0.39 is 0 Å². The molecule has 1 aliphatic heterocycles. The molecule has 7 heteroatoms. The van der Waals surface area contributed by atoms with Crippen LogP contribution in [0.1, 0.15) is 31.6 Å². The molecule has 0 bridgehead atoms. The van der Waals surface area contributed by atoms with Crippen molar-refractivity contribution in [2.24, 2.45) is 5.92 Å². The summed E-state index contributed by atoms with van der Waals surface area (Å²) in [5, 5.41) is 0. The number of hydrogen-bond acceptors (Lipinski definition) is 3. The van der Waals surface area contributed by atoms with Gasteiger partial charge >= 0.3 is 6.03 Å². The highest BCUT2D eigenvalue weighted by molar-refractivity contribution is 9.11. The highest BCUT2D eigenvalue weighted by atomic mass is 79.9. The number of hydrogen-bond donors (Lipinski definition) is 0. The van der Waals surface area contributed by atoms with E-state index >= 15 is 0 Å². The van der Waals surface area contributed by atoms with E-state index in [-0.39, 0.29) is 17.9 Å². The number of rotatable bonds is 5. The molecule has 1 aliphatic rings. The molecule has 0 radical (unpaired) electrons. The summed E-state index contributed by atoms with van der Waals surface area (Å²) in [6.07, 6.45) is 1.51. The van der Waals surface area contributed by atoms with Gasteiger partial charge in [-0.3, -0.25) is 4.79 Å². The molecule has 1 aromatic heterocycles. The lowest BCUT2D eigenvalue weighted by Gasteiger charge is -2.35. The van der Waals surface area contributed by atoms with Crippen molar-refractivity contribution < 1.29 is 9.59 Å². The van der Waals surface area contributed by atoms with Crippen molar-refractivity contribution in [3.05, 3.63) is 20.8 Å². The molecule has 1 saturated heterocycles. The molecule has 0 saturated carbocycles. The second kappa shape index (κ2) is 8.85. The Morgan fingerprint density at radius 3 is 2.38 bits per heavy atom. The van der Waals surface area contributed by atoms with E-state index in [2.05, 4.69) is 15.9 Å². The molecule has 1 fully saturated rings. The molecule has 0 aliphatic carbocycles. The Labute approximate surface area is 156 Å². The topological polar surface area (TPSA) is 43.9 Å². The summed E-state index contributed by atoms with van der Waals surface area (Å²) in [7, 11) is 1.86. The van der Waals surface area contributed by atoms with Crippen molar-refractivity contribution in [3.8, 4) is 0 Å². The summed E-state index contributed by atoms with van der Waals surface area (Å²) in [5.74, 6) is 0.216.